The molecule has 6 amide bonds. The van der Waals surface area contributed by atoms with Gasteiger partial charge in [-0.3, -0.25) is 10.6 Å². The Bertz CT molecular complexity index is 163. The number of rotatable bonds is 0. The lowest BCUT2D eigenvalue weighted by Gasteiger charge is -1.97. The Labute approximate surface area is 57.2 Å². The van der Waals surface area contributed by atoms with Crippen molar-refractivity contribution >= 4 is 18.1 Å². The molecular formula is C3H8N4O3. The first-order valence-corrected chi connectivity index (χ1v) is 2.19. The normalized spacial score (nSPS) is 8.00. The number of amides is 6. The average molecular weight is 148 g/mol. The van der Waals surface area contributed by atoms with Gasteiger partial charge in [0.2, 0.25) is 0 Å². The van der Waals surface area contributed by atoms with Gasteiger partial charge in [0, 0.05) is 1.43 Å². The molecule has 7 nitrogen and oxygen atoms in total. The first-order chi connectivity index (χ1) is 4.52. The molecule has 58 valence electrons. The van der Waals surface area contributed by atoms with E-state index in [1.807, 2.05) is 0 Å². The minimum absolute atomic E-state index is 0. The summed E-state index contributed by atoms with van der Waals surface area (Å²) in [6.07, 6.45) is 0. The quantitative estimate of drug-likeness (QED) is 0.340. The molecular weight excluding hydrogens is 140 g/mol. The van der Waals surface area contributed by atoms with Crippen LogP contribution < -0.4 is 22.1 Å². The Morgan fingerprint density at radius 3 is 1.50 bits per heavy atom. The maximum Gasteiger partial charge on any atom is 0.330 e. The van der Waals surface area contributed by atoms with Crippen molar-refractivity contribution < 1.29 is 15.8 Å². The zero-order chi connectivity index (χ0) is 8.15. The third-order valence-corrected chi connectivity index (χ3v) is 0.473. The summed E-state index contributed by atoms with van der Waals surface area (Å²) < 4.78 is 0. The Hall–Kier alpha value is -1.79. The van der Waals surface area contributed by atoms with Crippen LogP contribution in [0.2, 0.25) is 0 Å². The predicted octanol–water partition coefficient (Wildman–Crippen LogP) is -1.31. The third-order valence-electron chi connectivity index (χ3n) is 0.473. The highest BCUT2D eigenvalue weighted by atomic mass is 16.2. The van der Waals surface area contributed by atoms with Gasteiger partial charge in [0.05, 0.1) is 0 Å². The van der Waals surface area contributed by atoms with E-state index >= 15 is 0 Å². The number of nitrogens with one attached hydrogen (secondary N) is 2. The molecule has 0 fully saturated rings. The van der Waals surface area contributed by atoms with Gasteiger partial charge in [-0.1, -0.05) is 0 Å². The topological polar surface area (TPSA) is 127 Å². The van der Waals surface area contributed by atoms with Gasteiger partial charge in [-0.2, -0.15) is 0 Å². The van der Waals surface area contributed by atoms with E-state index in [4.69, 9.17) is 0 Å². The molecule has 0 aromatic heterocycles. The van der Waals surface area contributed by atoms with Gasteiger partial charge in [-0.25, -0.2) is 14.4 Å². The summed E-state index contributed by atoms with van der Waals surface area (Å²) in [5, 5.41) is 3.12. The fourth-order valence-corrected chi connectivity index (χ4v) is 0.255. The molecule has 0 aromatic carbocycles. The lowest BCUT2D eigenvalue weighted by Crippen LogP contribution is -2.46. The standard InChI is InChI=1S/C3H6N4O3.H2/c4-1(8)6-3(10)7-2(5)9;/h(H6,4,5,6,7,8,9,10);1H. The monoisotopic (exact) mass is 148 g/mol. The van der Waals surface area contributed by atoms with Gasteiger partial charge >= 0.3 is 18.1 Å². The van der Waals surface area contributed by atoms with Gasteiger partial charge in [0.15, 0.2) is 0 Å². The minimum Gasteiger partial charge on any atom is -0.351 e. The van der Waals surface area contributed by atoms with E-state index in [1.165, 1.54) is 0 Å². The van der Waals surface area contributed by atoms with Crippen molar-refractivity contribution in [2.75, 3.05) is 0 Å². The van der Waals surface area contributed by atoms with Crippen molar-refractivity contribution in [2.45, 2.75) is 0 Å². The Kier molecular flexibility index (Phi) is 2.69. The first-order valence-electron chi connectivity index (χ1n) is 2.19. The SMILES string of the molecule is NC(=O)NC(=O)NC(N)=O.[HH]. The van der Waals surface area contributed by atoms with Crippen molar-refractivity contribution in [1.29, 1.82) is 0 Å². The second-order valence-corrected chi connectivity index (χ2v) is 1.31. The highest BCUT2D eigenvalue weighted by Gasteiger charge is 2.03. The maximum atomic E-state index is 10.2. The summed E-state index contributed by atoms with van der Waals surface area (Å²) in [7, 11) is 0. The zero-order valence-electron chi connectivity index (χ0n) is 4.88. The van der Waals surface area contributed by atoms with Gasteiger partial charge in [-0.15, -0.1) is 0 Å². The molecule has 0 aliphatic heterocycles. The third kappa shape index (κ3) is 4.37. The fourth-order valence-electron chi connectivity index (χ4n) is 0.255. The molecule has 0 bridgehead atoms. The predicted molar refractivity (Wildman–Crippen MR) is 32.9 cm³/mol. The number of carbonyl (C=O) groups excluding carboxylic acids is 3. The fraction of sp³-hybridized carbons (Fsp3) is 0. The Morgan fingerprint density at radius 1 is 1.00 bits per heavy atom. The van der Waals surface area contributed by atoms with Crippen molar-refractivity contribution in [3.8, 4) is 0 Å². The molecule has 0 aliphatic carbocycles. The molecule has 0 aliphatic rings. The maximum absolute atomic E-state index is 10.2. The van der Waals surface area contributed by atoms with E-state index < -0.39 is 18.1 Å². The van der Waals surface area contributed by atoms with Crippen LogP contribution in [0.1, 0.15) is 1.43 Å². The van der Waals surface area contributed by atoms with E-state index in [1.54, 1.807) is 10.6 Å². The van der Waals surface area contributed by atoms with Crippen LogP contribution in [0.25, 0.3) is 0 Å². The van der Waals surface area contributed by atoms with E-state index in [0.717, 1.165) is 0 Å². The van der Waals surface area contributed by atoms with E-state index in [-0.39, 0.29) is 1.43 Å². The van der Waals surface area contributed by atoms with Crippen molar-refractivity contribution in [3.05, 3.63) is 0 Å². The molecule has 0 rings (SSSR count). The highest BCUT2D eigenvalue weighted by Crippen LogP contribution is 1.62. The molecule has 0 unspecified atom stereocenters. The van der Waals surface area contributed by atoms with Gasteiger partial charge in [0.1, 0.15) is 0 Å². The number of urea groups is 3. The van der Waals surface area contributed by atoms with Crippen LogP contribution in [-0.2, 0) is 0 Å². The van der Waals surface area contributed by atoms with Crippen LogP contribution in [0, 0.1) is 0 Å². The summed E-state index contributed by atoms with van der Waals surface area (Å²) in [5.41, 5.74) is 9.01. The smallest absolute Gasteiger partial charge is 0.330 e. The summed E-state index contributed by atoms with van der Waals surface area (Å²) in [4.78, 5) is 30.0. The van der Waals surface area contributed by atoms with Crippen LogP contribution in [0.5, 0.6) is 0 Å². The number of hydrogen-bond donors (Lipinski definition) is 4. The molecule has 0 heterocycles. The molecule has 0 saturated heterocycles. The summed E-state index contributed by atoms with van der Waals surface area (Å²) >= 11 is 0. The highest BCUT2D eigenvalue weighted by molar-refractivity contribution is 6.00. The molecule has 0 radical (unpaired) electrons. The van der Waals surface area contributed by atoms with Crippen LogP contribution in [0.4, 0.5) is 14.4 Å². The van der Waals surface area contributed by atoms with Crippen LogP contribution in [0.15, 0.2) is 0 Å². The van der Waals surface area contributed by atoms with Crippen LogP contribution in [-0.4, -0.2) is 18.1 Å². The molecule has 0 atom stereocenters. The molecule has 10 heavy (non-hydrogen) atoms. The van der Waals surface area contributed by atoms with Gasteiger partial charge < -0.3 is 11.5 Å². The minimum atomic E-state index is -1.06. The molecule has 0 spiro atoms. The zero-order valence-corrected chi connectivity index (χ0v) is 4.88. The average Bonchev–Trinajstić information content (AvgIpc) is 1.58. The number of nitrogens with two attached hydrogens (primary N) is 2. The molecule has 0 saturated carbocycles. The van der Waals surface area contributed by atoms with E-state index in [0.29, 0.717) is 0 Å². The number of imide groups is 2. The second kappa shape index (κ2) is 3.28. The Balaban J connectivity index is 0. The number of hydrogen-bond acceptors (Lipinski definition) is 3. The molecule has 7 heteroatoms. The van der Waals surface area contributed by atoms with Crippen LogP contribution >= 0.6 is 0 Å². The largest absolute Gasteiger partial charge is 0.351 e. The lowest BCUT2D eigenvalue weighted by molar-refractivity contribution is 0.227. The molecule has 6 N–H and O–H groups in total. The summed E-state index contributed by atoms with van der Waals surface area (Å²) in [6.45, 7) is 0. The summed E-state index contributed by atoms with van der Waals surface area (Å²) in [6, 6.07) is -3.16. The van der Waals surface area contributed by atoms with E-state index in [2.05, 4.69) is 11.5 Å². The van der Waals surface area contributed by atoms with E-state index in [9.17, 15) is 14.4 Å². The van der Waals surface area contributed by atoms with Crippen molar-refractivity contribution in [1.82, 2.24) is 10.6 Å². The van der Waals surface area contributed by atoms with Gasteiger partial charge in [-0.05, 0) is 0 Å². The number of carbonyl (C=O) groups is 3. The first kappa shape index (κ1) is 8.21. The molecule has 0 aromatic rings. The lowest BCUT2D eigenvalue weighted by atomic mass is 10.8. The summed E-state index contributed by atoms with van der Waals surface area (Å²) in [5.74, 6) is 0. The van der Waals surface area contributed by atoms with Crippen molar-refractivity contribution in [2.24, 2.45) is 11.5 Å². The van der Waals surface area contributed by atoms with Crippen LogP contribution in [0.3, 0.4) is 0 Å². The number of primary amides is 2. The second-order valence-electron chi connectivity index (χ2n) is 1.31. The van der Waals surface area contributed by atoms with Gasteiger partial charge in [0.25, 0.3) is 0 Å². The van der Waals surface area contributed by atoms with Crippen molar-refractivity contribution in [3.63, 3.8) is 0 Å². The Morgan fingerprint density at radius 2 is 1.30 bits per heavy atom.